The van der Waals surface area contributed by atoms with Crippen LogP contribution in [0.25, 0.3) is 11.0 Å². The Kier molecular flexibility index (Phi) is 7.27. The number of nitrogens with zero attached hydrogens (tertiary/aromatic N) is 4. The number of amides is 2. The van der Waals surface area contributed by atoms with Gasteiger partial charge in [0.05, 0.1) is 12.1 Å². The fourth-order valence-corrected chi connectivity index (χ4v) is 5.53. The van der Waals surface area contributed by atoms with Gasteiger partial charge >= 0.3 is 0 Å². The molecule has 2 amide bonds. The smallest absolute Gasteiger partial charge is 0.249 e. The van der Waals surface area contributed by atoms with Crippen LogP contribution < -0.4 is 15.0 Å². The minimum Gasteiger partial charge on any atom is -0.494 e. The van der Waals surface area contributed by atoms with Gasteiger partial charge in [-0.25, -0.2) is 4.68 Å². The summed E-state index contributed by atoms with van der Waals surface area (Å²) in [6.07, 6.45) is 4.14. The number of hydrogen-bond acceptors (Lipinski definition) is 6. The summed E-state index contributed by atoms with van der Waals surface area (Å²) >= 11 is 1.47. The van der Waals surface area contributed by atoms with Crippen LogP contribution in [0.1, 0.15) is 43.5 Å². The fourth-order valence-electron chi connectivity index (χ4n) is 4.72. The van der Waals surface area contributed by atoms with Crippen molar-refractivity contribution in [1.29, 1.82) is 0 Å². The molecule has 8 nitrogen and oxygen atoms in total. The second kappa shape index (κ2) is 10.9. The summed E-state index contributed by atoms with van der Waals surface area (Å²) in [4.78, 5) is 30.1. The van der Waals surface area contributed by atoms with Crippen LogP contribution in [0.5, 0.6) is 5.75 Å². The molecule has 5 rings (SSSR count). The zero-order valence-electron chi connectivity index (χ0n) is 20.2. The average molecular weight is 504 g/mol. The Labute approximate surface area is 213 Å². The van der Waals surface area contributed by atoms with E-state index >= 15 is 0 Å². The zero-order valence-corrected chi connectivity index (χ0v) is 21.0. The third-order valence-electron chi connectivity index (χ3n) is 6.42. The van der Waals surface area contributed by atoms with Crippen molar-refractivity contribution in [2.24, 2.45) is 0 Å². The third kappa shape index (κ3) is 5.11. The normalized spacial score (nSPS) is 14.6. The highest BCUT2D eigenvalue weighted by atomic mass is 32.1. The Bertz CT molecular complexity index is 1310. The van der Waals surface area contributed by atoms with Gasteiger partial charge < -0.3 is 10.1 Å². The highest BCUT2D eigenvalue weighted by molar-refractivity contribution is 7.10. The number of nitrogens with one attached hydrogen (secondary N) is 1. The van der Waals surface area contributed by atoms with Gasteiger partial charge in [0.2, 0.25) is 11.8 Å². The Hall–Kier alpha value is -3.72. The summed E-state index contributed by atoms with van der Waals surface area (Å²) in [5.41, 5.74) is 2.10. The van der Waals surface area contributed by atoms with Crippen molar-refractivity contribution in [3.05, 3.63) is 70.9 Å². The van der Waals surface area contributed by atoms with Crippen LogP contribution in [-0.2, 0) is 16.1 Å². The van der Waals surface area contributed by atoms with E-state index in [2.05, 4.69) is 15.6 Å². The summed E-state index contributed by atoms with van der Waals surface area (Å²) in [6, 6.07) is 18.0. The number of thiophene rings is 1. The Balaban J connectivity index is 1.52. The maximum absolute atomic E-state index is 14.0. The molecule has 186 valence electrons. The van der Waals surface area contributed by atoms with Crippen molar-refractivity contribution in [1.82, 2.24) is 20.3 Å². The van der Waals surface area contributed by atoms with Gasteiger partial charge in [-0.05, 0) is 67.6 Å². The minimum absolute atomic E-state index is 0.0493. The standard InChI is InChI=1S/C27H29N5O3S/c1-2-35-21-15-13-20(14-16-21)32(25(33)18-31-23-11-6-5-10-22(23)29-30-31)26(24-12-7-17-36-24)27(34)28-19-8-3-4-9-19/h5-7,10-17,19,26H,2-4,8-9,18H2,1H3,(H,28,34)/t26-/m1/s1. The SMILES string of the molecule is CCOc1ccc(N(C(=O)Cn2nnc3ccccc32)[C@@H](C(=O)NC2CCCC2)c2cccs2)cc1. The minimum atomic E-state index is -0.800. The molecule has 0 spiro atoms. The second-order valence-electron chi connectivity index (χ2n) is 8.83. The van der Waals surface area contributed by atoms with Crippen molar-refractivity contribution < 1.29 is 14.3 Å². The van der Waals surface area contributed by atoms with Crippen LogP contribution in [0.3, 0.4) is 0 Å². The summed E-state index contributed by atoms with van der Waals surface area (Å²) in [5.74, 6) is 0.281. The number of rotatable bonds is 9. The first-order valence-electron chi connectivity index (χ1n) is 12.3. The first-order valence-corrected chi connectivity index (χ1v) is 13.2. The van der Waals surface area contributed by atoms with E-state index in [9.17, 15) is 9.59 Å². The van der Waals surface area contributed by atoms with E-state index < -0.39 is 6.04 Å². The van der Waals surface area contributed by atoms with E-state index in [-0.39, 0.29) is 24.4 Å². The summed E-state index contributed by atoms with van der Waals surface area (Å²) in [5, 5.41) is 13.5. The fraction of sp³-hybridized carbons (Fsp3) is 0.333. The van der Waals surface area contributed by atoms with Crippen LogP contribution >= 0.6 is 11.3 Å². The van der Waals surface area contributed by atoms with E-state index in [1.165, 1.54) is 11.3 Å². The van der Waals surface area contributed by atoms with E-state index in [0.29, 0.717) is 23.6 Å². The first kappa shape index (κ1) is 24.0. The predicted molar refractivity (Wildman–Crippen MR) is 140 cm³/mol. The van der Waals surface area contributed by atoms with Gasteiger partial charge in [0.15, 0.2) is 0 Å². The third-order valence-corrected chi connectivity index (χ3v) is 7.35. The number of hydrogen-bond donors (Lipinski definition) is 1. The van der Waals surface area contributed by atoms with E-state index in [1.807, 2.05) is 73.0 Å². The number of carbonyl (C=O) groups excluding carboxylic acids is 2. The van der Waals surface area contributed by atoms with Gasteiger partial charge in [0.25, 0.3) is 0 Å². The highest BCUT2D eigenvalue weighted by Gasteiger charge is 2.35. The first-order chi connectivity index (χ1) is 17.6. The lowest BCUT2D eigenvalue weighted by Gasteiger charge is -2.31. The van der Waals surface area contributed by atoms with E-state index in [0.717, 1.165) is 36.1 Å². The molecule has 1 saturated carbocycles. The summed E-state index contributed by atoms with van der Waals surface area (Å²) in [7, 11) is 0. The lowest BCUT2D eigenvalue weighted by atomic mass is 10.1. The molecule has 1 fully saturated rings. The molecule has 0 unspecified atom stereocenters. The lowest BCUT2D eigenvalue weighted by molar-refractivity contribution is -0.127. The van der Waals surface area contributed by atoms with Crippen LogP contribution in [0, 0.1) is 0 Å². The second-order valence-corrected chi connectivity index (χ2v) is 9.81. The molecule has 0 radical (unpaired) electrons. The molecule has 0 aliphatic heterocycles. The number of benzene rings is 2. The van der Waals surface area contributed by atoms with Gasteiger partial charge in [0.1, 0.15) is 23.9 Å². The van der Waals surface area contributed by atoms with Crippen LogP contribution in [0.2, 0.25) is 0 Å². The number of carbonyl (C=O) groups is 2. The molecule has 0 saturated heterocycles. The van der Waals surface area contributed by atoms with Crippen molar-refractivity contribution in [3.63, 3.8) is 0 Å². The van der Waals surface area contributed by atoms with Gasteiger partial charge in [-0.15, -0.1) is 16.4 Å². The highest BCUT2D eigenvalue weighted by Crippen LogP contribution is 2.33. The molecule has 2 aromatic carbocycles. The van der Waals surface area contributed by atoms with Gasteiger partial charge in [0, 0.05) is 16.6 Å². The maximum atomic E-state index is 14.0. The summed E-state index contributed by atoms with van der Waals surface area (Å²) < 4.78 is 7.18. The largest absolute Gasteiger partial charge is 0.494 e. The monoisotopic (exact) mass is 503 g/mol. The molecular formula is C27H29N5O3S. The molecule has 36 heavy (non-hydrogen) atoms. The quantitative estimate of drug-likeness (QED) is 0.357. The van der Waals surface area contributed by atoms with Gasteiger partial charge in [-0.3, -0.25) is 14.5 Å². The Morgan fingerprint density at radius 3 is 2.61 bits per heavy atom. The number of anilines is 1. The molecule has 1 N–H and O–H groups in total. The maximum Gasteiger partial charge on any atom is 0.249 e. The lowest BCUT2D eigenvalue weighted by Crippen LogP contribution is -2.47. The number of ether oxygens (including phenoxy) is 1. The van der Waals surface area contributed by atoms with Crippen LogP contribution in [0.4, 0.5) is 5.69 Å². The molecule has 0 bridgehead atoms. The molecule has 9 heteroatoms. The zero-order chi connectivity index (χ0) is 24.9. The topological polar surface area (TPSA) is 89.3 Å². The molecule has 4 aromatic rings. The molecule has 1 aliphatic carbocycles. The number of para-hydroxylation sites is 1. The van der Waals surface area contributed by atoms with Crippen LogP contribution in [-0.4, -0.2) is 39.5 Å². The molecular weight excluding hydrogens is 474 g/mol. The van der Waals surface area contributed by atoms with E-state index in [4.69, 9.17) is 4.74 Å². The Morgan fingerprint density at radius 1 is 1.11 bits per heavy atom. The summed E-state index contributed by atoms with van der Waals surface area (Å²) in [6.45, 7) is 2.42. The molecule has 2 aromatic heterocycles. The van der Waals surface area contributed by atoms with Gasteiger partial charge in [-0.1, -0.05) is 36.3 Å². The molecule has 2 heterocycles. The van der Waals surface area contributed by atoms with Gasteiger partial charge in [-0.2, -0.15) is 0 Å². The van der Waals surface area contributed by atoms with Crippen molar-refractivity contribution in [2.45, 2.75) is 51.2 Å². The Morgan fingerprint density at radius 2 is 1.89 bits per heavy atom. The molecule has 1 aliphatic rings. The van der Waals surface area contributed by atoms with Crippen molar-refractivity contribution in [2.75, 3.05) is 11.5 Å². The number of aromatic nitrogens is 3. The van der Waals surface area contributed by atoms with E-state index in [1.54, 1.807) is 9.58 Å². The van der Waals surface area contributed by atoms with Crippen molar-refractivity contribution in [3.8, 4) is 5.75 Å². The molecule has 1 atom stereocenters. The predicted octanol–water partition coefficient (Wildman–Crippen LogP) is 4.72. The number of fused-ring (bicyclic) bond motifs is 1. The average Bonchev–Trinajstić information content (AvgIpc) is 3.67. The van der Waals surface area contributed by atoms with Crippen molar-refractivity contribution >= 4 is 39.9 Å². The van der Waals surface area contributed by atoms with Crippen LogP contribution in [0.15, 0.2) is 66.0 Å².